The van der Waals surface area contributed by atoms with Crippen LogP contribution in [0.3, 0.4) is 0 Å². The Morgan fingerprint density at radius 3 is 2.57 bits per heavy atom. The van der Waals surface area contributed by atoms with Crippen molar-refractivity contribution in [1.82, 2.24) is 0 Å². The summed E-state index contributed by atoms with van der Waals surface area (Å²) in [6.07, 6.45) is 1.82. The first-order valence-corrected chi connectivity index (χ1v) is 5.09. The molecule has 0 amide bonds. The molecule has 2 rings (SSSR count). The summed E-state index contributed by atoms with van der Waals surface area (Å²) in [6, 6.07) is 10.8. The van der Waals surface area contributed by atoms with Crippen LogP contribution in [0, 0.1) is 0 Å². The summed E-state index contributed by atoms with van der Waals surface area (Å²) in [5.74, 6) is 0.264. The van der Waals surface area contributed by atoms with Crippen molar-refractivity contribution in [3.05, 3.63) is 46.7 Å². The molecule has 70 valence electrons. The van der Waals surface area contributed by atoms with E-state index in [-0.39, 0.29) is 5.75 Å². The van der Waals surface area contributed by atoms with Gasteiger partial charge in [0.1, 0.15) is 5.75 Å². The van der Waals surface area contributed by atoms with Gasteiger partial charge in [-0.2, -0.15) is 0 Å². The second kappa shape index (κ2) is 4.07. The maximum absolute atomic E-state index is 9.06. The maximum atomic E-state index is 9.06. The molecule has 1 aromatic heterocycles. The zero-order chi connectivity index (χ0) is 9.80. The third-order valence-electron chi connectivity index (χ3n) is 1.73. The fourth-order valence-electron chi connectivity index (χ4n) is 1.04. The number of aliphatic imine (C=N–C) groups is 1. The van der Waals surface area contributed by atoms with Gasteiger partial charge in [-0.1, -0.05) is 6.07 Å². The fourth-order valence-corrected chi connectivity index (χ4v) is 1.63. The zero-order valence-electron chi connectivity index (χ0n) is 7.42. The minimum atomic E-state index is 0.264. The summed E-state index contributed by atoms with van der Waals surface area (Å²) in [7, 11) is 0. The first-order chi connectivity index (χ1) is 6.84. The lowest BCUT2D eigenvalue weighted by Crippen LogP contribution is -1.71. The first-order valence-electron chi connectivity index (χ1n) is 4.21. The molecule has 0 saturated heterocycles. The van der Waals surface area contributed by atoms with Gasteiger partial charge in [0, 0.05) is 11.1 Å². The molecule has 2 nitrogen and oxygen atoms in total. The Morgan fingerprint density at radius 1 is 1.14 bits per heavy atom. The van der Waals surface area contributed by atoms with Crippen molar-refractivity contribution in [3.8, 4) is 5.75 Å². The van der Waals surface area contributed by atoms with Crippen molar-refractivity contribution in [1.29, 1.82) is 0 Å². The zero-order valence-corrected chi connectivity index (χ0v) is 8.24. The highest BCUT2D eigenvalue weighted by Gasteiger charge is 1.90. The van der Waals surface area contributed by atoms with E-state index in [2.05, 4.69) is 4.99 Å². The van der Waals surface area contributed by atoms with Crippen LogP contribution in [0.1, 0.15) is 4.88 Å². The summed E-state index contributed by atoms with van der Waals surface area (Å²) in [5.41, 5.74) is 0.844. The molecule has 14 heavy (non-hydrogen) atoms. The Morgan fingerprint density at radius 2 is 1.93 bits per heavy atom. The van der Waals surface area contributed by atoms with Crippen LogP contribution in [-0.2, 0) is 0 Å². The average Bonchev–Trinajstić information content (AvgIpc) is 2.70. The van der Waals surface area contributed by atoms with Gasteiger partial charge in [0.05, 0.1) is 5.69 Å². The molecule has 0 bridgehead atoms. The van der Waals surface area contributed by atoms with Crippen molar-refractivity contribution in [3.63, 3.8) is 0 Å². The minimum absolute atomic E-state index is 0.264. The number of benzene rings is 1. The Balaban J connectivity index is 2.15. The van der Waals surface area contributed by atoms with Crippen molar-refractivity contribution in [2.45, 2.75) is 0 Å². The Bertz CT molecular complexity index is 417. The molecule has 0 unspecified atom stereocenters. The summed E-state index contributed by atoms with van der Waals surface area (Å²) in [4.78, 5) is 5.39. The van der Waals surface area contributed by atoms with Gasteiger partial charge in [0.2, 0.25) is 0 Å². The quantitative estimate of drug-likeness (QED) is 0.747. The predicted octanol–water partition coefficient (Wildman–Crippen LogP) is 3.20. The van der Waals surface area contributed by atoms with E-state index in [0.29, 0.717) is 0 Å². The number of thiophene rings is 1. The number of hydrogen-bond acceptors (Lipinski definition) is 3. The topological polar surface area (TPSA) is 32.6 Å². The fraction of sp³-hybridized carbons (Fsp3) is 0. The van der Waals surface area contributed by atoms with Crippen molar-refractivity contribution >= 4 is 23.2 Å². The highest BCUT2D eigenvalue weighted by molar-refractivity contribution is 7.11. The van der Waals surface area contributed by atoms with Crippen LogP contribution in [0.25, 0.3) is 0 Å². The number of aromatic hydroxyl groups is 1. The molecular formula is C11H9NOS. The molecular weight excluding hydrogens is 194 g/mol. The lowest BCUT2D eigenvalue weighted by molar-refractivity contribution is 0.475. The van der Waals surface area contributed by atoms with Crippen LogP contribution < -0.4 is 0 Å². The standard InChI is InChI=1S/C11H9NOS/c13-10-5-3-9(4-6-10)12-8-11-2-1-7-14-11/h1-8,13H. The van der Waals surface area contributed by atoms with Gasteiger partial charge in [0.15, 0.2) is 0 Å². The molecule has 0 aliphatic heterocycles. The van der Waals surface area contributed by atoms with Gasteiger partial charge >= 0.3 is 0 Å². The number of nitrogens with zero attached hydrogens (tertiary/aromatic N) is 1. The molecule has 0 saturated carbocycles. The Kier molecular flexibility index (Phi) is 2.60. The van der Waals surface area contributed by atoms with Crippen molar-refractivity contribution in [2.75, 3.05) is 0 Å². The number of rotatable bonds is 2. The third-order valence-corrected chi connectivity index (χ3v) is 2.54. The van der Waals surface area contributed by atoms with Gasteiger partial charge < -0.3 is 5.11 Å². The SMILES string of the molecule is Oc1ccc(N=Cc2cccs2)cc1. The molecule has 0 aliphatic rings. The van der Waals surface area contributed by atoms with Crippen LogP contribution >= 0.6 is 11.3 Å². The minimum Gasteiger partial charge on any atom is -0.508 e. The monoisotopic (exact) mass is 203 g/mol. The molecule has 0 radical (unpaired) electrons. The normalized spacial score (nSPS) is 10.9. The van der Waals surface area contributed by atoms with Crippen LogP contribution in [-0.4, -0.2) is 11.3 Å². The molecule has 0 aliphatic carbocycles. The second-order valence-electron chi connectivity index (χ2n) is 2.79. The summed E-state index contributed by atoms with van der Waals surface area (Å²) < 4.78 is 0. The lowest BCUT2D eigenvalue weighted by atomic mass is 10.3. The van der Waals surface area contributed by atoms with Crippen LogP contribution in [0.2, 0.25) is 0 Å². The molecule has 3 heteroatoms. The van der Waals surface area contributed by atoms with E-state index < -0.39 is 0 Å². The molecule has 2 aromatic rings. The van der Waals surface area contributed by atoms with E-state index in [4.69, 9.17) is 5.11 Å². The van der Waals surface area contributed by atoms with E-state index in [0.717, 1.165) is 10.6 Å². The average molecular weight is 203 g/mol. The van der Waals surface area contributed by atoms with E-state index in [1.165, 1.54) is 0 Å². The second-order valence-corrected chi connectivity index (χ2v) is 3.77. The molecule has 0 atom stereocenters. The maximum Gasteiger partial charge on any atom is 0.115 e. The van der Waals surface area contributed by atoms with E-state index in [1.54, 1.807) is 35.6 Å². The summed E-state index contributed by atoms with van der Waals surface area (Å²) in [6.45, 7) is 0. The third kappa shape index (κ3) is 2.20. The van der Waals surface area contributed by atoms with Gasteiger partial charge in [0.25, 0.3) is 0 Å². The predicted molar refractivity (Wildman–Crippen MR) is 59.7 cm³/mol. The molecule has 1 aromatic carbocycles. The highest BCUT2D eigenvalue weighted by atomic mass is 32.1. The number of hydrogen-bond donors (Lipinski definition) is 1. The Labute approximate surface area is 86.2 Å². The van der Waals surface area contributed by atoms with Crippen LogP contribution in [0.15, 0.2) is 46.8 Å². The van der Waals surface area contributed by atoms with Crippen LogP contribution in [0.5, 0.6) is 5.75 Å². The molecule has 0 spiro atoms. The summed E-state index contributed by atoms with van der Waals surface area (Å²) in [5, 5.41) is 11.1. The van der Waals surface area contributed by atoms with Crippen LogP contribution in [0.4, 0.5) is 5.69 Å². The smallest absolute Gasteiger partial charge is 0.115 e. The van der Waals surface area contributed by atoms with Crippen molar-refractivity contribution in [2.24, 2.45) is 4.99 Å². The number of phenolic OH excluding ortho intramolecular Hbond substituents is 1. The van der Waals surface area contributed by atoms with Crippen molar-refractivity contribution < 1.29 is 5.11 Å². The molecule has 1 N–H and O–H groups in total. The van der Waals surface area contributed by atoms with E-state index in [1.807, 2.05) is 23.7 Å². The highest BCUT2D eigenvalue weighted by Crippen LogP contribution is 2.17. The first kappa shape index (κ1) is 8.97. The largest absolute Gasteiger partial charge is 0.508 e. The van der Waals surface area contributed by atoms with Gasteiger partial charge in [-0.15, -0.1) is 11.3 Å². The number of phenols is 1. The lowest BCUT2D eigenvalue weighted by Gasteiger charge is -1.92. The van der Waals surface area contributed by atoms with E-state index in [9.17, 15) is 0 Å². The molecule has 1 heterocycles. The summed E-state index contributed by atoms with van der Waals surface area (Å²) >= 11 is 1.65. The van der Waals surface area contributed by atoms with Gasteiger partial charge in [-0.25, -0.2) is 0 Å². The van der Waals surface area contributed by atoms with Gasteiger partial charge in [-0.3, -0.25) is 4.99 Å². The molecule has 0 fully saturated rings. The Hall–Kier alpha value is -1.61. The van der Waals surface area contributed by atoms with Gasteiger partial charge in [-0.05, 0) is 35.7 Å². The van der Waals surface area contributed by atoms with E-state index >= 15 is 0 Å².